The molecule has 2 amide bonds. The maximum atomic E-state index is 13.7. The zero-order chi connectivity index (χ0) is 25.8. The fourth-order valence-corrected chi connectivity index (χ4v) is 5.34. The molecule has 1 N–H and O–H groups in total. The van der Waals surface area contributed by atoms with Gasteiger partial charge in [-0.15, -0.1) is 0 Å². The quantitative estimate of drug-likeness (QED) is 0.474. The summed E-state index contributed by atoms with van der Waals surface area (Å²) in [6.45, 7) is 0.708. The molecule has 1 unspecified atom stereocenters. The van der Waals surface area contributed by atoms with E-state index in [2.05, 4.69) is 5.32 Å². The Labute approximate surface area is 215 Å². The number of carbonyl (C=O) groups excluding carboxylic acids is 2. The monoisotopic (exact) mass is 504 g/mol. The van der Waals surface area contributed by atoms with Gasteiger partial charge in [-0.1, -0.05) is 43.2 Å². The van der Waals surface area contributed by atoms with E-state index < -0.39 is 0 Å². The van der Waals surface area contributed by atoms with Gasteiger partial charge in [0.2, 0.25) is 5.91 Å². The Morgan fingerprint density at radius 3 is 2.30 bits per heavy atom. The second kappa shape index (κ2) is 11.1. The smallest absolute Gasteiger partial charge is 0.258 e. The van der Waals surface area contributed by atoms with Crippen LogP contribution in [0.15, 0.2) is 66.7 Å². The molecule has 3 aromatic carbocycles. The van der Waals surface area contributed by atoms with Gasteiger partial charge in [0.15, 0.2) is 6.61 Å². The second-order valence-electron chi connectivity index (χ2n) is 9.77. The first-order valence-corrected chi connectivity index (χ1v) is 12.8. The van der Waals surface area contributed by atoms with Crippen LogP contribution in [0, 0.1) is 17.6 Å². The first-order valence-electron chi connectivity index (χ1n) is 12.8. The van der Waals surface area contributed by atoms with Crippen molar-refractivity contribution >= 4 is 11.8 Å². The summed E-state index contributed by atoms with van der Waals surface area (Å²) in [4.78, 5) is 27.8. The SMILES string of the molecule is O=C(COc1ccc2c(c1)C(c1ccc(F)cc1)N(C(=O)C1CCCC1)CC2)NCc1ccc(F)cc1. The molecular formula is C30H30F2N2O3. The van der Waals surface area contributed by atoms with Crippen molar-refractivity contribution in [2.24, 2.45) is 5.92 Å². The van der Waals surface area contributed by atoms with E-state index in [1.807, 2.05) is 23.1 Å². The van der Waals surface area contributed by atoms with E-state index in [4.69, 9.17) is 4.74 Å². The summed E-state index contributed by atoms with van der Waals surface area (Å²) in [6.07, 6.45) is 4.69. The summed E-state index contributed by atoms with van der Waals surface area (Å²) < 4.78 is 32.6. The lowest BCUT2D eigenvalue weighted by Crippen LogP contribution is -2.43. The summed E-state index contributed by atoms with van der Waals surface area (Å²) in [5, 5.41) is 2.77. The molecule has 1 aliphatic heterocycles. The van der Waals surface area contributed by atoms with Gasteiger partial charge in [0.25, 0.3) is 5.91 Å². The highest BCUT2D eigenvalue weighted by Gasteiger charge is 2.36. The molecule has 0 saturated heterocycles. The molecule has 1 heterocycles. The van der Waals surface area contributed by atoms with Crippen LogP contribution in [0.25, 0.3) is 0 Å². The van der Waals surface area contributed by atoms with Crippen LogP contribution in [0.5, 0.6) is 5.75 Å². The molecular weight excluding hydrogens is 474 g/mol. The van der Waals surface area contributed by atoms with Gasteiger partial charge >= 0.3 is 0 Å². The van der Waals surface area contributed by atoms with Crippen LogP contribution >= 0.6 is 0 Å². The third kappa shape index (κ3) is 5.82. The van der Waals surface area contributed by atoms with Crippen LogP contribution in [-0.4, -0.2) is 29.9 Å². The first-order chi connectivity index (χ1) is 18.0. The summed E-state index contributed by atoms with van der Waals surface area (Å²) in [6, 6.07) is 17.6. The highest BCUT2D eigenvalue weighted by Crippen LogP contribution is 2.39. The van der Waals surface area contributed by atoms with E-state index in [-0.39, 0.29) is 48.6 Å². The van der Waals surface area contributed by atoms with Crippen LogP contribution < -0.4 is 10.1 Å². The molecule has 0 aromatic heterocycles. The molecule has 192 valence electrons. The van der Waals surface area contributed by atoms with Crippen LogP contribution in [0.3, 0.4) is 0 Å². The number of hydrogen-bond donors (Lipinski definition) is 1. The lowest BCUT2D eigenvalue weighted by molar-refractivity contribution is -0.137. The van der Waals surface area contributed by atoms with Gasteiger partial charge in [0.05, 0.1) is 6.04 Å². The molecule has 0 radical (unpaired) electrons. The molecule has 0 spiro atoms. The lowest BCUT2D eigenvalue weighted by atomic mass is 9.87. The minimum Gasteiger partial charge on any atom is -0.484 e. The average molecular weight is 505 g/mol. The van der Waals surface area contributed by atoms with Gasteiger partial charge in [0, 0.05) is 19.0 Å². The molecule has 2 aliphatic rings. The van der Waals surface area contributed by atoms with Gasteiger partial charge in [-0.3, -0.25) is 9.59 Å². The van der Waals surface area contributed by atoms with Crippen molar-refractivity contribution < 1.29 is 23.1 Å². The Balaban J connectivity index is 1.33. The van der Waals surface area contributed by atoms with Crippen LogP contribution in [-0.2, 0) is 22.6 Å². The molecule has 1 aliphatic carbocycles. The maximum absolute atomic E-state index is 13.7. The van der Waals surface area contributed by atoms with E-state index in [1.54, 1.807) is 24.3 Å². The van der Waals surface area contributed by atoms with Crippen molar-refractivity contribution in [3.63, 3.8) is 0 Å². The number of nitrogens with one attached hydrogen (secondary N) is 1. The van der Waals surface area contributed by atoms with Crippen molar-refractivity contribution in [1.29, 1.82) is 0 Å². The lowest BCUT2D eigenvalue weighted by Gasteiger charge is -2.39. The van der Waals surface area contributed by atoms with Crippen molar-refractivity contribution in [2.75, 3.05) is 13.2 Å². The standard InChI is InChI=1S/C30H30F2N2O3/c31-24-10-5-20(6-11-24)18-33-28(35)19-37-26-14-9-21-15-16-34(30(36)23-3-1-2-4-23)29(27(21)17-26)22-7-12-25(32)13-8-22/h5-14,17,23,29H,1-4,15-16,18-19H2,(H,33,35). The Bertz CT molecular complexity index is 1250. The first kappa shape index (κ1) is 24.9. The number of carbonyl (C=O) groups is 2. The van der Waals surface area contributed by atoms with E-state index in [1.165, 1.54) is 24.3 Å². The summed E-state index contributed by atoms with van der Waals surface area (Å²) in [5.41, 5.74) is 3.69. The van der Waals surface area contributed by atoms with Crippen molar-refractivity contribution in [2.45, 2.75) is 44.7 Å². The Morgan fingerprint density at radius 1 is 0.919 bits per heavy atom. The largest absolute Gasteiger partial charge is 0.484 e. The average Bonchev–Trinajstić information content (AvgIpc) is 3.46. The minimum atomic E-state index is -0.340. The highest BCUT2D eigenvalue weighted by atomic mass is 19.1. The fraction of sp³-hybridized carbons (Fsp3) is 0.333. The van der Waals surface area contributed by atoms with Crippen LogP contribution in [0.4, 0.5) is 8.78 Å². The normalized spacial score (nSPS) is 17.4. The molecule has 1 atom stereocenters. The highest BCUT2D eigenvalue weighted by molar-refractivity contribution is 5.80. The number of rotatable bonds is 7. The third-order valence-corrected chi connectivity index (χ3v) is 7.29. The molecule has 5 rings (SSSR count). The second-order valence-corrected chi connectivity index (χ2v) is 9.77. The van der Waals surface area contributed by atoms with Gasteiger partial charge in [-0.25, -0.2) is 8.78 Å². The van der Waals surface area contributed by atoms with Crippen molar-refractivity contribution in [1.82, 2.24) is 10.2 Å². The number of halogens is 2. The number of benzene rings is 3. The Hall–Kier alpha value is -3.74. The maximum Gasteiger partial charge on any atom is 0.258 e. The van der Waals surface area contributed by atoms with Gasteiger partial charge < -0.3 is 15.0 Å². The Morgan fingerprint density at radius 2 is 1.59 bits per heavy atom. The number of ether oxygens (including phenoxy) is 1. The summed E-state index contributed by atoms with van der Waals surface area (Å²) in [7, 11) is 0. The topological polar surface area (TPSA) is 58.6 Å². The third-order valence-electron chi connectivity index (χ3n) is 7.29. The van der Waals surface area contributed by atoms with Gasteiger partial charge in [-0.05, 0) is 77.9 Å². The Kier molecular flexibility index (Phi) is 7.49. The van der Waals surface area contributed by atoms with E-state index in [0.717, 1.165) is 54.4 Å². The number of fused-ring (bicyclic) bond motifs is 1. The number of nitrogens with zero attached hydrogens (tertiary/aromatic N) is 1. The molecule has 3 aromatic rings. The van der Waals surface area contributed by atoms with Crippen molar-refractivity contribution in [3.05, 3.63) is 101 Å². The number of hydrogen-bond acceptors (Lipinski definition) is 3. The van der Waals surface area contributed by atoms with E-state index in [9.17, 15) is 18.4 Å². The predicted molar refractivity (Wildman–Crippen MR) is 136 cm³/mol. The van der Waals surface area contributed by atoms with Crippen LogP contribution in [0.2, 0.25) is 0 Å². The minimum absolute atomic E-state index is 0.0359. The fourth-order valence-electron chi connectivity index (χ4n) is 5.34. The predicted octanol–water partition coefficient (Wildman–Crippen LogP) is 5.32. The molecule has 1 fully saturated rings. The van der Waals surface area contributed by atoms with E-state index in [0.29, 0.717) is 12.3 Å². The molecule has 7 heteroatoms. The molecule has 0 bridgehead atoms. The zero-order valence-corrected chi connectivity index (χ0v) is 20.6. The summed E-state index contributed by atoms with van der Waals surface area (Å²) >= 11 is 0. The zero-order valence-electron chi connectivity index (χ0n) is 20.6. The van der Waals surface area contributed by atoms with Crippen molar-refractivity contribution in [3.8, 4) is 5.75 Å². The summed E-state index contributed by atoms with van der Waals surface area (Å²) in [5.74, 6) is -0.226. The van der Waals surface area contributed by atoms with E-state index >= 15 is 0 Å². The molecule has 1 saturated carbocycles. The van der Waals surface area contributed by atoms with Crippen LogP contribution in [0.1, 0.15) is 54.0 Å². The van der Waals surface area contributed by atoms with Gasteiger partial charge in [0.1, 0.15) is 17.4 Å². The van der Waals surface area contributed by atoms with Gasteiger partial charge in [-0.2, -0.15) is 0 Å². The molecule has 5 nitrogen and oxygen atoms in total. The molecule has 37 heavy (non-hydrogen) atoms. The number of amides is 2.